The Labute approximate surface area is 111 Å². The molecular weight excluding hydrogens is 248 g/mol. The van der Waals surface area contributed by atoms with Crippen molar-refractivity contribution < 1.29 is 4.79 Å². The Morgan fingerprint density at radius 2 is 2.44 bits per heavy atom. The molecule has 5 nitrogen and oxygen atoms in total. The van der Waals surface area contributed by atoms with E-state index in [9.17, 15) is 4.79 Å². The zero-order valence-electron chi connectivity index (χ0n) is 10.9. The van der Waals surface area contributed by atoms with Crippen LogP contribution in [0.4, 0.5) is 5.13 Å². The molecule has 18 heavy (non-hydrogen) atoms. The van der Waals surface area contributed by atoms with Crippen LogP contribution in [0.1, 0.15) is 28.2 Å². The predicted molar refractivity (Wildman–Crippen MR) is 73.8 cm³/mol. The van der Waals surface area contributed by atoms with Gasteiger partial charge in [0, 0.05) is 13.1 Å². The molecule has 0 aromatic carbocycles. The highest BCUT2D eigenvalue weighted by molar-refractivity contribution is 7.17. The fourth-order valence-electron chi connectivity index (χ4n) is 2.39. The molecule has 1 amide bonds. The van der Waals surface area contributed by atoms with Crippen LogP contribution in [-0.2, 0) is 0 Å². The van der Waals surface area contributed by atoms with Gasteiger partial charge in [0.05, 0.1) is 5.69 Å². The molecule has 6 heteroatoms. The van der Waals surface area contributed by atoms with Crippen LogP contribution in [0.25, 0.3) is 0 Å². The molecule has 1 aliphatic rings. The number of rotatable bonds is 3. The van der Waals surface area contributed by atoms with Crippen LogP contribution < -0.4 is 11.1 Å². The highest BCUT2D eigenvalue weighted by Gasteiger charge is 2.19. The number of hydrogen-bond donors (Lipinski definition) is 2. The average Bonchev–Trinajstić information content (AvgIpc) is 2.66. The van der Waals surface area contributed by atoms with Crippen molar-refractivity contribution in [1.29, 1.82) is 0 Å². The molecule has 1 aromatic heterocycles. The summed E-state index contributed by atoms with van der Waals surface area (Å²) in [4.78, 5) is 19.0. The van der Waals surface area contributed by atoms with Crippen molar-refractivity contribution in [3.8, 4) is 0 Å². The Balaban J connectivity index is 1.86. The van der Waals surface area contributed by atoms with E-state index >= 15 is 0 Å². The molecule has 0 bridgehead atoms. The van der Waals surface area contributed by atoms with E-state index in [1.807, 2.05) is 6.92 Å². The first-order valence-electron chi connectivity index (χ1n) is 6.26. The van der Waals surface area contributed by atoms with Gasteiger partial charge in [0.2, 0.25) is 0 Å². The van der Waals surface area contributed by atoms with Crippen molar-refractivity contribution in [2.45, 2.75) is 19.8 Å². The van der Waals surface area contributed by atoms with Gasteiger partial charge in [-0.2, -0.15) is 0 Å². The normalized spacial score (nSPS) is 20.9. The number of amides is 1. The molecule has 2 heterocycles. The van der Waals surface area contributed by atoms with Gasteiger partial charge in [-0.05, 0) is 39.3 Å². The molecule has 1 aromatic rings. The fraction of sp³-hybridized carbons (Fsp3) is 0.667. The van der Waals surface area contributed by atoms with Crippen LogP contribution in [0.3, 0.4) is 0 Å². The number of carbonyl (C=O) groups excluding carboxylic acids is 1. The summed E-state index contributed by atoms with van der Waals surface area (Å²) in [5.41, 5.74) is 6.31. The highest BCUT2D eigenvalue weighted by atomic mass is 32.1. The van der Waals surface area contributed by atoms with Crippen molar-refractivity contribution in [3.63, 3.8) is 0 Å². The van der Waals surface area contributed by atoms with E-state index in [4.69, 9.17) is 5.73 Å². The Hall–Kier alpha value is -1.14. The molecule has 2 rings (SSSR count). The number of carbonyl (C=O) groups is 1. The van der Waals surface area contributed by atoms with E-state index in [-0.39, 0.29) is 5.91 Å². The summed E-state index contributed by atoms with van der Waals surface area (Å²) in [7, 11) is 2.13. The summed E-state index contributed by atoms with van der Waals surface area (Å²) in [5.74, 6) is 0.508. The van der Waals surface area contributed by atoms with E-state index in [0.717, 1.165) is 25.3 Å². The highest BCUT2D eigenvalue weighted by Crippen LogP contribution is 2.20. The lowest BCUT2D eigenvalue weighted by Gasteiger charge is -2.29. The summed E-state index contributed by atoms with van der Waals surface area (Å²) < 4.78 is 0. The third-order valence-corrected chi connectivity index (χ3v) is 4.28. The lowest BCUT2D eigenvalue weighted by atomic mass is 9.98. The number of piperidine rings is 1. The monoisotopic (exact) mass is 268 g/mol. The first-order chi connectivity index (χ1) is 8.56. The van der Waals surface area contributed by atoms with Crippen LogP contribution in [0.5, 0.6) is 0 Å². The molecule has 1 fully saturated rings. The van der Waals surface area contributed by atoms with E-state index in [0.29, 0.717) is 15.9 Å². The molecule has 3 N–H and O–H groups in total. The Kier molecular flexibility index (Phi) is 4.19. The van der Waals surface area contributed by atoms with E-state index in [1.165, 1.54) is 24.2 Å². The van der Waals surface area contributed by atoms with Gasteiger partial charge in [-0.25, -0.2) is 4.98 Å². The summed E-state index contributed by atoms with van der Waals surface area (Å²) in [6.45, 7) is 4.77. The fourth-order valence-corrected chi connectivity index (χ4v) is 3.14. The minimum absolute atomic E-state index is 0.0464. The third-order valence-electron chi connectivity index (χ3n) is 3.29. The van der Waals surface area contributed by atoms with Gasteiger partial charge in [-0.1, -0.05) is 11.3 Å². The zero-order chi connectivity index (χ0) is 13.1. The molecule has 1 atom stereocenters. The smallest absolute Gasteiger partial charge is 0.263 e. The van der Waals surface area contributed by atoms with Crippen molar-refractivity contribution in [1.82, 2.24) is 15.2 Å². The summed E-state index contributed by atoms with van der Waals surface area (Å²) in [5, 5.41) is 3.45. The number of nitrogens with one attached hydrogen (secondary N) is 1. The van der Waals surface area contributed by atoms with Gasteiger partial charge in [0.25, 0.3) is 5.91 Å². The van der Waals surface area contributed by atoms with Crippen LogP contribution in [0.15, 0.2) is 0 Å². The second-order valence-corrected chi connectivity index (χ2v) is 5.98. The minimum atomic E-state index is -0.0464. The van der Waals surface area contributed by atoms with E-state index in [1.54, 1.807) is 0 Å². The van der Waals surface area contributed by atoms with E-state index in [2.05, 4.69) is 22.2 Å². The van der Waals surface area contributed by atoms with Gasteiger partial charge < -0.3 is 16.0 Å². The molecule has 1 unspecified atom stereocenters. The lowest BCUT2D eigenvalue weighted by Crippen LogP contribution is -2.39. The molecular formula is C12H20N4OS. The predicted octanol–water partition coefficient (Wildman–Crippen LogP) is 1.11. The first kappa shape index (κ1) is 13.3. The maximum Gasteiger partial charge on any atom is 0.263 e. The number of nitrogens with two attached hydrogens (primary N) is 1. The standard InChI is InChI=1S/C12H20N4OS/c1-8-10(18-12(13)15-8)11(17)14-6-9-4-3-5-16(2)7-9/h9H,3-7H2,1-2H3,(H2,13,15)(H,14,17). The molecule has 0 spiro atoms. The Bertz CT molecular complexity index is 432. The Morgan fingerprint density at radius 3 is 3.06 bits per heavy atom. The maximum absolute atomic E-state index is 12.0. The topological polar surface area (TPSA) is 71.2 Å². The average molecular weight is 268 g/mol. The molecule has 0 saturated carbocycles. The number of aromatic nitrogens is 1. The first-order valence-corrected chi connectivity index (χ1v) is 7.07. The van der Waals surface area contributed by atoms with Crippen molar-refractivity contribution in [3.05, 3.63) is 10.6 Å². The molecule has 1 saturated heterocycles. The summed E-state index contributed by atoms with van der Waals surface area (Å²) >= 11 is 1.25. The van der Waals surface area contributed by atoms with Crippen molar-refractivity contribution in [2.75, 3.05) is 32.4 Å². The molecule has 1 aliphatic heterocycles. The Morgan fingerprint density at radius 1 is 1.67 bits per heavy atom. The van der Waals surface area contributed by atoms with Gasteiger partial charge in [0.15, 0.2) is 5.13 Å². The van der Waals surface area contributed by atoms with Crippen LogP contribution in [0.2, 0.25) is 0 Å². The quantitative estimate of drug-likeness (QED) is 0.861. The third kappa shape index (κ3) is 3.20. The number of hydrogen-bond acceptors (Lipinski definition) is 5. The van der Waals surface area contributed by atoms with Crippen molar-refractivity contribution >= 4 is 22.4 Å². The van der Waals surface area contributed by atoms with Gasteiger partial charge in [0.1, 0.15) is 4.88 Å². The zero-order valence-corrected chi connectivity index (χ0v) is 11.7. The molecule has 0 radical (unpaired) electrons. The number of nitrogens with zero attached hydrogens (tertiary/aromatic N) is 2. The number of anilines is 1. The van der Waals surface area contributed by atoms with Gasteiger partial charge in [-0.15, -0.1) is 0 Å². The van der Waals surface area contributed by atoms with E-state index < -0.39 is 0 Å². The number of thiazole rings is 1. The molecule has 0 aliphatic carbocycles. The number of likely N-dealkylation sites (tertiary alicyclic amines) is 1. The van der Waals surface area contributed by atoms with Crippen LogP contribution in [-0.4, -0.2) is 42.5 Å². The van der Waals surface area contributed by atoms with Crippen LogP contribution in [0, 0.1) is 12.8 Å². The minimum Gasteiger partial charge on any atom is -0.375 e. The lowest BCUT2D eigenvalue weighted by molar-refractivity contribution is 0.0940. The largest absolute Gasteiger partial charge is 0.375 e. The SMILES string of the molecule is Cc1nc(N)sc1C(=O)NCC1CCCN(C)C1. The maximum atomic E-state index is 12.0. The van der Waals surface area contributed by atoms with Crippen LogP contribution >= 0.6 is 11.3 Å². The second kappa shape index (κ2) is 5.67. The van der Waals surface area contributed by atoms with Gasteiger partial charge in [-0.3, -0.25) is 4.79 Å². The number of aryl methyl sites for hydroxylation is 1. The van der Waals surface area contributed by atoms with Gasteiger partial charge >= 0.3 is 0 Å². The summed E-state index contributed by atoms with van der Waals surface area (Å²) in [6.07, 6.45) is 2.40. The van der Waals surface area contributed by atoms with Crippen molar-refractivity contribution in [2.24, 2.45) is 5.92 Å². The second-order valence-electron chi connectivity index (χ2n) is 4.95. The summed E-state index contributed by atoms with van der Waals surface area (Å²) in [6, 6.07) is 0. The number of nitrogen functional groups attached to an aromatic ring is 1. The molecule has 100 valence electrons.